The van der Waals surface area contributed by atoms with Gasteiger partial charge in [-0.15, -0.1) is 0 Å². The molecule has 1 aliphatic rings. The minimum absolute atomic E-state index is 0.291. The van der Waals surface area contributed by atoms with Crippen molar-refractivity contribution in [1.82, 2.24) is 4.31 Å². The molecule has 1 aliphatic heterocycles. The normalized spacial score (nSPS) is 23.8. The van der Waals surface area contributed by atoms with Gasteiger partial charge in [0.15, 0.2) is 0 Å². The van der Waals surface area contributed by atoms with Gasteiger partial charge in [0.1, 0.15) is 6.04 Å². The molecular formula is C10H20N2O4S2. The smallest absolute Gasteiger partial charge is 0.321 e. The maximum absolute atomic E-state index is 11.4. The Kier molecular flexibility index (Phi) is 5.90. The van der Waals surface area contributed by atoms with Crippen molar-refractivity contribution >= 4 is 27.8 Å². The highest BCUT2D eigenvalue weighted by Crippen LogP contribution is 2.22. The van der Waals surface area contributed by atoms with Gasteiger partial charge in [-0.2, -0.15) is 11.8 Å². The van der Waals surface area contributed by atoms with Gasteiger partial charge < -0.3 is 10.8 Å². The van der Waals surface area contributed by atoms with E-state index in [1.165, 1.54) is 22.3 Å². The Hall–Kier alpha value is -0.310. The number of carboxylic acids is 1. The van der Waals surface area contributed by atoms with Crippen LogP contribution in [0.3, 0.4) is 0 Å². The first-order valence-electron chi connectivity index (χ1n) is 5.82. The van der Waals surface area contributed by atoms with Crippen LogP contribution in [0.25, 0.3) is 0 Å². The molecule has 1 saturated heterocycles. The van der Waals surface area contributed by atoms with E-state index in [4.69, 9.17) is 10.8 Å². The Balaban J connectivity index is 2.33. The number of piperidine rings is 1. The summed E-state index contributed by atoms with van der Waals surface area (Å²) in [5.74, 6) is 0.418. The monoisotopic (exact) mass is 296 g/mol. The number of aliphatic carboxylic acids is 1. The zero-order valence-electron chi connectivity index (χ0n) is 10.4. The maximum atomic E-state index is 11.4. The highest BCUT2D eigenvalue weighted by atomic mass is 32.2. The predicted octanol–water partition coefficient (Wildman–Crippen LogP) is -0.197. The van der Waals surface area contributed by atoms with Gasteiger partial charge in [0.05, 0.1) is 6.26 Å². The summed E-state index contributed by atoms with van der Waals surface area (Å²) in [4.78, 5) is 10.5. The molecule has 0 radical (unpaired) electrons. The van der Waals surface area contributed by atoms with Crippen LogP contribution in [-0.4, -0.2) is 60.7 Å². The van der Waals surface area contributed by atoms with E-state index < -0.39 is 22.0 Å². The molecule has 1 fully saturated rings. The van der Waals surface area contributed by atoms with E-state index in [2.05, 4.69) is 0 Å². The highest BCUT2D eigenvalue weighted by Gasteiger charge is 2.26. The first kappa shape index (κ1) is 15.7. The number of hydrogen-bond donors (Lipinski definition) is 2. The van der Waals surface area contributed by atoms with Crippen molar-refractivity contribution in [3.8, 4) is 0 Å². The third kappa shape index (κ3) is 5.13. The summed E-state index contributed by atoms with van der Waals surface area (Å²) in [5.41, 5.74) is 5.40. The summed E-state index contributed by atoms with van der Waals surface area (Å²) in [6.45, 7) is 1.13. The van der Waals surface area contributed by atoms with Gasteiger partial charge in [0.25, 0.3) is 0 Å². The molecule has 0 aromatic heterocycles. The lowest BCUT2D eigenvalue weighted by molar-refractivity contribution is -0.137. The molecular weight excluding hydrogens is 276 g/mol. The van der Waals surface area contributed by atoms with Crippen molar-refractivity contribution in [2.24, 2.45) is 11.7 Å². The molecule has 6 nitrogen and oxygen atoms in total. The lowest BCUT2D eigenvalue weighted by Crippen LogP contribution is -2.40. The molecule has 106 valence electrons. The predicted molar refractivity (Wildman–Crippen MR) is 72.1 cm³/mol. The fraction of sp³-hybridized carbons (Fsp3) is 0.900. The molecule has 0 bridgehead atoms. The van der Waals surface area contributed by atoms with E-state index >= 15 is 0 Å². The van der Waals surface area contributed by atoms with E-state index in [0.717, 1.165) is 18.6 Å². The number of thioether (sulfide) groups is 1. The molecule has 0 amide bonds. The van der Waals surface area contributed by atoms with Gasteiger partial charge in [0, 0.05) is 18.8 Å². The summed E-state index contributed by atoms with van der Waals surface area (Å²) in [7, 11) is -3.11. The molecule has 0 aliphatic carbocycles. The van der Waals surface area contributed by atoms with Gasteiger partial charge in [-0.05, 0) is 24.5 Å². The summed E-state index contributed by atoms with van der Waals surface area (Å²) in [6.07, 6.45) is 3.08. The lowest BCUT2D eigenvalue weighted by Gasteiger charge is -2.30. The van der Waals surface area contributed by atoms with E-state index in [1.807, 2.05) is 0 Å². The van der Waals surface area contributed by atoms with Crippen molar-refractivity contribution < 1.29 is 18.3 Å². The second-order valence-corrected chi connectivity index (χ2v) is 7.67. The van der Waals surface area contributed by atoms with Crippen molar-refractivity contribution in [2.45, 2.75) is 18.9 Å². The number of carboxylic acid groups (broad SMARTS) is 1. The van der Waals surface area contributed by atoms with Crippen LogP contribution >= 0.6 is 11.8 Å². The van der Waals surface area contributed by atoms with Gasteiger partial charge in [0.2, 0.25) is 10.0 Å². The molecule has 2 atom stereocenters. The van der Waals surface area contributed by atoms with Gasteiger partial charge in [-0.25, -0.2) is 12.7 Å². The first-order valence-corrected chi connectivity index (χ1v) is 8.82. The second kappa shape index (κ2) is 6.74. The molecule has 1 heterocycles. The van der Waals surface area contributed by atoms with E-state index in [1.54, 1.807) is 0 Å². The fourth-order valence-electron chi connectivity index (χ4n) is 1.90. The maximum Gasteiger partial charge on any atom is 0.321 e. The largest absolute Gasteiger partial charge is 0.480 e. The third-order valence-electron chi connectivity index (χ3n) is 2.92. The fourth-order valence-corrected chi connectivity index (χ4v) is 3.98. The Bertz CT molecular complexity index is 385. The molecule has 0 saturated carbocycles. The molecule has 0 aromatic rings. The standard InChI is InChI=1S/C10H20N2O4S2/c1-18(15,16)12-4-2-3-8(5-12)6-17-7-9(11)10(13)14/h8-9H,2-7,11H2,1H3,(H,13,14)/t8?,9-/m1/s1. The highest BCUT2D eigenvalue weighted by molar-refractivity contribution is 7.99. The molecule has 1 rings (SSSR count). The van der Waals surface area contributed by atoms with Gasteiger partial charge in [-0.3, -0.25) is 4.79 Å². The van der Waals surface area contributed by atoms with Crippen LogP contribution in [0.5, 0.6) is 0 Å². The zero-order valence-corrected chi connectivity index (χ0v) is 12.0. The SMILES string of the molecule is CS(=O)(=O)N1CCCC(CSC[C@@H](N)C(=O)O)C1. The Labute approximate surface area is 112 Å². The van der Waals surface area contributed by atoms with Crippen molar-refractivity contribution in [1.29, 1.82) is 0 Å². The minimum atomic E-state index is -3.11. The number of hydrogen-bond acceptors (Lipinski definition) is 5. The second-order valence-electron chi connectivity index (χ2n) is 4.61. The average Bonchev–Trinajstić information content (AvgIpc) is 2.28. The first-order chi connectivity index (χ1) is 8.30. The lowest BCUT2D eigenvalue weighted by atomic mass is 10.0. The van der Waals surface area contributed by atoms with Gasteiger partial charge >= 0.3 is 5.97 Å². The van der Waals surface area contributed by atoms with Crippen molar-refractivity contribution in [3.05, 3.63) is 0 Å². The summed E-state index contributed by atoms with van der Waals surface area (Å²) in [6, 6.07) is -0.843. The van der Waals surface area contributed by atoms with Crippen LogP contribution in [-0.2, 0) is 14.8 Å². The van der Waals surface area contributed by atoms with Gasteiger partial charge in [-0.1, -0.05) is 0 Å². The van der Waals surface area contributed by atoms with Crippen LogP contribution < -0.4 is 5.73 Å². The third-order valence-corrected chi connectivity index (χ3v) is 5.49. The molecule has 3 N–H and O–H groups in total. The number of carbonyl (C=O) groups is 1. The number of nitrogens with two attached hydrogens (primary N) is 1. The van der Waals surface area contributed by atoms with Crippen LogP contribution in [0.1, 0.15) is 12.8 Å². The van der Waals surface area contributed by atoms with E-state index in [0.29, 0.717) is 24.8 Å². The Morgan fingerprint density at radius 2 is 2.28 bits per heavy atom. The number of sulfonamides is 1. The van der Waals surface area contributed by atoms with Crippen molar-refractivity contribution in [3.63, 3.8) is 0 Å². The zero-order chi connectivity index (χ0) is 13.8. The van der Waals surface area contributed by atoms with E-state index in [-0.39, 0.29) is 0 Å². The molecule has 0 aromatic carbocycles. The molecule has 1 unspecified atom stereocenters. The Morgan fingerprint density at radius 3 is 2.83 bits per heavy atom. The average molecular weight is 296 g/mol. The number of rotatable bonds is 6. The molecule has 0 spiro atoms. The summed E-state index contributed by atoms with van der Waals surface area (Å²) in [5, 5.41) is 8.64. The summed E-state index contributed by atoms with van der Waals surface area (Å²) >= 11 is 1.48. The van der Waals surface area contributed by atoms with Crippen molar-refractivity contribution in [2.75, 3.05) is 30.9 Å². The van der Waals surface area contributed by atoms with Crippen LogP contribution in [0.15, 0.2) is 0 Å². The van der Waals surface area contributed by atoms with E-state index in [9.17, 15) is 13.2 Å². The number of nitrogens with zero attached hydrogens (tertiary/aromatic N) is 1. The molecule has 8 heteroatoms. The Morgan fingerprint density at radius 1 is 1.61 bits per heavy atom. The van der Waals surface area contributed by atoms with Crippen LogP contribution in [0, 0.1) is 5.92 Å². The minimum Gasteiger partial charge on any atom is -0.480 e. The molecule has 18 heavy (non-hydrogen) atoms. The topological polar surface area (TPSA) is 101 Å². The quantitative estimate of drug-likeness (QED) is 0.704. The van der Waals surface area contributed by atoms with Crippen LogP contribution in [0.4, 0.5) is 0 Å². The van der Waals surface area contributed by atoms with Crippen LogP contribution in [0.2, 0.25) is 0 Å². The summed E-state index contributed by atoms with van der Waals surface area (Å²) < 4.78 is 24.3.